The normalized spacial score (nSPS) is 0. The molecule has 4 heavy (non-hydrogen) atoms. The van der Waals surface area contributed by atoms with Gasteiger partial charge in [-0.15, -0.1) is 0 Å². The molecule has 24 valence electrons. The van der Waals surface area contributed by atoms with E-state index >= 15 is 0 Å². The van der Waals surface area contributed by atoms with Gasteiger partial charge in [0, 0.05) is 0 Å². The molecule has 2 nitrogen and oxygen atoms in total. The van der Waals surface area contributed by atoms with Crippen molar-refractivity contribution in [1.82, 2.24) is 0 Å². The zero-order valence-corrected chi connectivity index (χ0v) is 3.00. The van der Waals surface area contributed by atoms with Crippen LogP contribution < -0.4 is 18.9 Å². The molecule has 0 aromatic heterocycles. The Hall–Kier alpha value is 0.517. The summed E-state index contributed by atoms with van der Waals surface area (Å²) in [6.45, 7) is 0. The molecule has 0 saturated carbocycles. The third-order valence-corrected chi connectivity index (χ3v) is 0. The molecule has 0 fully saturated rings. The Morgan fingerprint density at radius 3 is 0.750 bits per heavy atom. The van der Waals surface area contributed by atoms with E-state index in [4.69, 9.17) is 0 Å². The molecule has 0 unspecified atom stereocenters. The van der Waals surface area contributed by atoms with E-state index in [1.165, 1.54) is 0 Å². The first-order valence-corrected chi connectivity index (χ1v) is 0. The first-order valence-electron chi connectivity index (χ1n) is 0. The standard InChI is InChI=1S/CH3.Li.2H2O/h1H3;;2*1H2/q-1;+1;;. The van der Waals surface area contributed by atoms with E-state index < -0.39 is 0 Å². The third-order valence-electron chi connectivity index (χ3n) is 0. The Morgan fingerprint density at radius 1 is 0.750 bits per heavy atom. The van der Waals surface area contributed by atoms with Crippen LogP contribution in [0.5, 0.6) is 0 Å². The second-order valence-corrected chi connectivity index (χ2v) is 0. The van der Waals surface area contributed by atoms with Crippen LogP contribution in [0.1, 0.15) is 0 Å². The van der Waals surface area contributed by atoms with Crippen LogP contribution in [0.4, 0.5) is 0 Å². The first kappa shape index (κ1) is 209. The van der Waals surface area contributed by atoms with Crippen LogP contribution in [0.15, 0.2) is 0 Å². The number of rotatable bonds is 0. The zero-order chi connectivity index (χ0) is 0. The predicted molar refractivity (Wildman–Crippen MR) is 13.6 cm³/mol. The van der Waals surface area contributed by atoms with Crippen LogP contribution in [-0.4, -0.2) is 11.0 Å². The van der Waals surface area contributed by atoms with Crippen LogP contribution in [-0.2, 0) is 0 Å². The summed E-state index contributed by atoms with van der Waals surface area (Å²) in [7, 11) is 0. The van der Waals surface area contributed by atoms with E-state index in [0.29, 0.717) is 0 Å². The fourth-order valence-corrected chi connectivity index (χ4v) is 0. The Balaban J connectivity index is 0. The van der Waals surface area contributed by atoms with E-state index in [0.717, 1.165) is 0 Å². The molecule has 0 radical (unpaired) electrons. The van der Waals surface area contributed by atoms with Crippen molar-refractivity contribution in [2.24, 2.45) is 0 Å². The summed E-state index contributed by atoms with van der Waals surface area (Å²) in [5, 5.41) is 0. The molecule has 0 saturated heterocycles. The van der Waals surface area contributed by atoms with Crippen LogP contribution in [0, 0.1) is 7.43 Å². The maximum Gasteiger partial charge on any atom is 1.00 e. The minimum atomic E-state index is 0. The van der Waals surface area contributed by atoms with Crippen molar-refractivity contribution in [2.75, 3.05) is 0 Å². The summed E-state index contributed by atoms with van der Waals surface area (Å²) in [4.78, 5) is 0. The molecule has 3 heteroatoms. The predicted octanol–water partition coefficient (Wildman–Crippen LogP) is -4.20. The van der Waals surface area contributed by atoms with Crippen molar-refractivity contribution in [3.8, 4) is 0 Å². The van der Waals surface area contributed by atoms with E-state index in [9.17, 15) is 0 Å². The van der Waals surface area contributed by atoms with E-state index in [1.54, 1.807) is 0 Å². The van der Waals surface area contributed by atoms with Crippen molar-refractivity contribution in [2.45, 2.75) is 0 Å². The Labute approximate surface area is 38.0 Å². The molecule has 0 aliphatic rings. The topological polar surface area (TPSA) is 63.0 Å². The minimum Gasteiger partial charge on any atom is -0.412 e. The maximum atomic E-state index is 0. The molecule has 0 aromatic rings. The van der Waals surface area contributed by atoms with Gasteiger partial charge in [-0.3, -0.25) is 0 Å². The fraction of sp³-hybridized carbons (Fsp3) is 0. The van der Waals surface area contributed by atoms with Crippen molar-refractivity contribution >= 4 is 0 Å². The van der Waals surface area contributed by atoms with Gasteiger partial charge in [0.1, 0.15) is 0 Å². The molecule has 0 heterocycles. The van der Waals surface area contributed by atoms with E-state index in [1.807, 2.05) is 0 Å². The molecule has 0 aliphatic carbocycles. The van der Waals surface area contributed by atoms with Gasteiger partial charge >= 0.3 is 18.9 Å². The quantitative estimate of drug-likeness (QED) is 0.200. The fourth-order valence-electron chi connectivity index (χ4n) is 0. The smallest absolute Gasteiger partial charge is 0.412 e. The Bertz CT molecular complexity index is 6.00. The van der Waals surface area contributed by atoms with Crippen LogP contribution >= 0.6 is 0 Å². The molecule has 0 aliphatic heterocycles. The van der Waals surface area contributed by atoms with Crippen molar-refractivity contribution in [3.63, 3.8) is 0 Å². The molecule has 0 bridgehead atoms. The summed E-state index contributed by atoms with van der Waals surface area (Å²) < 4.78 is 0. The van der Waals surface area contributed by atoms with Crippen LogP contribution in [0.25, 0.3) is 0 Å². The second kappa shape index (κ2) is 83.3. The molecule has 0 spiro atoms. The van der Waals surface area contributed by atoms with Gasteiger partial charge in [0.2, 0.25) is 0 Å². The van der Waals surface area contributed by atoms with Crippen molar-refractivity contribution in [3.05, 3.63) is 7.43 Å². The molecule has 0 rings (SSSR count). The third kappa shape index (κ3) is 21.7. The van der Waals surface area contributed by atoms with Gasteiger partial charge < -0.3 is 18.4 Å². The molecule has 0 amide bonds. The number of hydrogen-bond acceptors (Lipinski definition) is 0. The summed E-state index contributed by atoms with van der Waals surface area (Å²) >= 11 is 0. The van der Waals surface area contributed by atoms with Gasteiger partial charge in [-0.25, -0.2) is 0 Å². The summed E-state index contributed by atoms with van der Waals surface area (Å²) in [5.74, 6) is 0. The maximum absolute atomic E-state index is 0. The molecule has 0 aromatic carbocycles. The van der Waals surface area contributed by atoms with Crippen molar-refractivity contribution in [1.29, 1.82) is 0 Å². The van der Waals surface area contributed by atoms with Gasteiger partial charge in [-0.05, 0) is 0 Å². The molecular weight excluding hydrogens is 51.0 g/mol. The monoisotopic (exact) mass is 58.1 g/mol. The van der Waals surface area contributed by atoms with Gasteiger partial charge in [0.25, 0.3) is 0 Å². The second-order valence-electron chi connectivity index (χ2n) is 0. The van der Waals surface area contributed by atoms with Crippen LogP contribution in [0.3, 0.4) is 0 Å². The largest absolute Gasteiger partial charge is 1.00 e. The van der Waals surface area contributed by atoms with Crippen LogP contribution in [0.2, 0.25) is 0 Å². The minimum absolute atomic E-state index is 0. The summed E-state index contributed by atoms with van der Waals surface area (Å²) in [6, 6.07) is 0. The van der Waals surface area contributed by atoms with Gasteiger partial charge in [0.05, 0.1) is 0 Å². The van der Waals surface area contributed by atoms with Gasteiger partial charge in [-0.2, -0.15) is 0 Å². The average molecular weight is 58.0 g/mol. The summed E-state index contributed by atoms with van der Waals surface area (Å²) in [6.07, 6.45) is 0. The van der Waals surface area contributed by atoms with Gasteiger partial charge in [0.15, 0.2) is 0 Å². The van der Waals surface area contributed by atoms with E-state index in [2.05, 4.69) is 0 Å². The summed E-state index contributed by atoms with van der Waals surface area (Å²) in [5.41, 5.74) is 0. The Kier molecular flexibility index (Phi) is 4350. The van der Waals surface area contributed by atoms with Crippen molar-refractivity contribution < 1.29 is 29.8 Å². The SMILES string of the molecule is O.O.[CH3-].[Li+]. The molecule has 0 atom stereocenters. The average Bonchev–Trinajstić information content (AvgIpc) is 0. The Morgan fingerprint density at radius 2 is 0.750 bits per heavy atom. The van der Waals surface area contributed by atoms with E-state index in [-0.39, 0.29) is 37.2 Å². The molecule has 4 N–H and O–H groups in total. The van der Waals surface area contributed by atoms with Gasteiger partial charge in [-0.1, -0.05) is 0 Å². The first-order chi connectivity index (χ1) is 0. The zero-order valence-electron chi connectivity index (χ0n) is 3.00. The molecular formula is CH7LiO2. The number of hydrogen-bond donors (Lipinski definition) is 0.